The molecular weight excluding hydrogens is 254 g/mol. The summed E-state index contributed by atoms with van der Waals surface area (Å²) in [6.07, 6.45) is 6.40. The maximum atomic E-state index is 12.8. The minimum Gasteiger partial charge on any atom is -0.393 e. The van der Waals surface area contributed by atoms with Crippen LogP contribution in [0, 0.1) is 6.92 Å². The Morgan fingerprint density at radius 2 is 2.25 bits per heavy atom. The molecule has 2 heterocycles. The van der Waals surface area contributed by atoms with E-state index in [1.54, 1.807) is 17.8 Å². The summed E-state index contributed by atoms with van der Waals surface area (Å²) in [7, 11) is 1.83. The van der Waals surface area contributed by atoms with Crippen molar-refractivity contribution in [2.24, 2.45) is 7.05 Å². The number of aryl methyl sites for hydroxylation is 2. The molecule has 1 amide bonds. The van der Waals surface area contributed by atoms with Crippen LogP contribution in [0.25, 0.3) is 0 Å². The Morgan fingerprint density at radius 3 is 2.85 bits per heavy atom. The summed E-state index contributed by atoms with van der Waals surface area (Å²) >= 11 is 0. The van der Waals surface area contributed by atoms with E-state index in [0.29, 0.717) is 12.0 Å². The van der Waals surface area contributed by atoms with Crippen LogP contribution in [0.15, 0.2) is 6.20 Å². The molecule has 5 heteroatoms. The smallest absolute Gasteiger partial charge is 0.257 e. The number of aromatic nitrogens is 2. The summed E-state index contributed by atoms with van der Waals surface area (Å²) in [5.74, 6) is 0.0585. The molecule has 1 aromatic rings. The molecule has 1 aliphatic rings. The van der Waals surface area contributed by atoms with E-state index in [0.717, 1.165) is 37.9 Å². The van der Waals surface area contributed by atoms with Gasteiger partial charge in [0.05, 0.1) is 17.4 Å². The molecule has 1 aliphatic heterocycles. The van der Waals surface area contributed by atoms with Crippen molar-refractivity contribution in [3.63, 3.8) is 0 Å². The normalized spacial score (nSPS) is 21.6. The topological polar surface area (TPSA) is 58.4 Å². The van der Waals surface area contributed by atoms with Gasteiger partial charge in [-0.25, -0.2) is 0 Å². The quantitative estimate of drug-likeness (QED) is 0.919. The Balaban J connectivity index is 2.21. The summed E-state index contributed by atoms with van der Waals surface area (Å²) in [6.45, 7) is 4.45. The number of nitrogens with zero attached hydrogens (tertiary/aromatic N) is 3. The van der Waals surface area contributed by atoms with Crippen molar-refractivity contribution < 1.29 is 9.90 Å². The van der Waals surface area contributed by atoms with Crippen LogP contribution in [0.1, 0.15) is 55.1 Å². The Hall–Kier alpha value is -1.36. The van der Waals surface area contributed by atoms with Gasteiger partial charge in [-0.2, -0.15) is 5.10 Å². The zero-order valence-electron chi connectivity index (χ0n) is 12.7. The van der Waals surface area contributed by atoms with Crippen LogP contribution in [0.2, 0.25) is 0 Å². The Morgan fingerprint density at radius 1 is 1.50 bits per heavy atom. The van der Waals surface area contributed by atoms with Gasteiger partial charge in [-0.15, -0.1) is 0 Å². The highest BCUT2D eigenvalue weighted by molar-refractivity contribution is 5.95. The molecule has 1 saturated heterocycles. The molecule has 2 rings (SSSR count). The Labute approximate surface area is 120 Å². The first-order chi connectivity index (χ1) is 9.49. The molecule has 0 radical (unpaired) electrons. The maximum Gasteiger partial charge on any atom is 0.257 e. The molecule has 5 nitrogen and oxygen atoms in total. The molecule has 2 atom stereocenters. The zero-order chi connectivity index (χ0) is 14.7. The van der Waals surface area contributed by atoms with E-state index in [4.69, 9.17) is 0 Å². The fourth-order valence-electron chi connectivity index (χ4n) is 3.05. The van der Waals surface area contributed by atoms with E-state index in [2.05, 4.69) is 5.10 Å². The molecule has 0 aliphatic carbocycles. The van der Waals surface area contributed by atoms with Crippen LogP contribution in [0.5, 0.6) is 0 Å². The fourth-order valence-corrected chi connectivity index (χ4v) is 3.05. The minimum atomic E-state index is -0.372. The first kappa shape index (κ1) is 15.0. The first-order valence-electron chi connectivity index (χ1n) is 7.48. The van der Waals surface area contributed by atoms with Gasteiger partial charge in [-0.1, -0.05) is 12.8 Å². The van der Waals surface area contributed by atoms with Crippen LogP contribution in [-0.4, -0.2) is 44.4 Å². The molecule has 0 aromatic carbocycles. The van der Waals surface area contributed by atoms with Gasteiger partial charge in [0.15, 0.2) is 0 Å². The zero-order valence-corrected chi connectivity index (χ0v) is 12.7. The number of carbonyl (C=O) groups is 1. The fraction of sp³-hybridized carbons (Fsp3) is 0.733. The van der Waals surface area contributed by atoms with Gasteiger partial charge < -0.3 is 10.0 Å². The van der Waals surface area contributed by atoms with E-state index in [1.165, 1.54) is 0 Å². The van der Waals surface area contributed by atoms with E-state index >= 15 is 0 Å². The number of amides is 1. The lowest BCUT2D eigenvalue weighted by Crippen LogP contribution is -2.41. The van der Waals surface area contributed by atoms with Crippen molar-refractivity contribution in [2.45, 2.75) is 58.1 Å². The highest BCUT2D eigenvalue weighted by atomic mass is 16.3. The second-order valence-corrected chi connectivity index (χ2v) is 5.89. The SMILES string of the molecule is Cc1nn(C)cc1C(=O)N1CCCCCC1CC(C)O. The number of aliphatic hydroxyl groups is 1. The van der Waals surface area contributed by atoms with Crippen LogP contribution < -0.4 is 0 Å². The summed E-state index contributed by atoms with van der Waals surface area (Å²) < 4.78 is 1.68. The molecule has 0 spiro atoms. The van der Waals surface area contributed by atoms with Gasteiger partial charge in [-0.05, 0) is 33.1 Å². The van der Waals surface area contributed by atoms with Crippen LogP contribution >= 0.6 is 0 Å². The largest absolute Gasteiger partial charge is 0.393 e. The van der Waals surface area contributed by atoms with Gasteiger partial charge in [0.1, 0.15) is 0 Å². The van der Waals surface area contributed by atoms with Crippen molar-refractivity contribution in [1.82, 2.24) is 14.7 Å². The third-order valence-electron chi connectivity index (χ3n) is 4.00. The molecule has 0 bridgehead atoms. The lowest BCUT2D eigenvalue weighted by Gasteiger charge is -2.31. The predicted molar refractivity (Wildman–Crippen MR) is 77.5 cm³/mol. The molecule has 1 fully saturated rings. The van der Waals surface area contributed by atoms with Crippen molar-refractivity contribution in [3.05, 3.63) is 17.5 Å². The number of carbonyl (C=O) groups excluding carboxylic acids is 1. The Bertz CT molecular complexity index is 468. The third-order valence-corrected chi connectivity index (χ3v) is 4.00. The molecular formula is C15H25N3O2. The highest BCUT2D eigenvalue weighted by Gasteiger charge is 2.28. The highest BCUT2D eigenvalue weighted by Crippen LogP contribution is 2.23. The van der Waals surface area contributed by atoms with Gasteiger partial charge in [0, 0.05) is 25.8 Å². The predicted octanol–water partition coefficient (Wildman–Crippen LogP) is 1.88. The van der Waals surface area contributed by atoms with Gasteiger partial charge in [-0.3, -0.25) is 9.48 Å². The average Bonchev–Trinajstić information content (AvgIpc) is 2.58. The lowest BCUT2D eigenvalue weighted by molar-refractivity contribution is 0.0606. The van der Waals surface area contributed by atoms with Crippen molar-refractivity contribution >= 4 is 5.91 Å². The summed E-state index contributed by atoms with van der Waals surface area (Å²) in [6, 6.07) is 0.143. The van der Waals surface area contributed by atoms with Crippen LogP contribution in [-0.2, 0) is 7.05 Å². The molecule has 1 aromatic heterocycles. The standard InChI is InChI=1S/C15H25N3O2/c1-11(19)9-13-7-5-4-6-8-18(13)15(20)14-10-17(3)16-12(14)2/h10-11,13,19H,4-9H2,1-3H3. The number of hydrogen-bond donors (Lipinski definition) is 1. The second kappa shape index (κ2) is 6.39. The van der Waals surface area contributed by atoms with E-state index in [-0.39, 0.29) is 18.1 Å². The summed E-state index contributed by atoms with van der Waals surface area (Å²) in [5, 5.41) is 13.9. The molecule has 2 unspecified atom stereocenters. The maximum absolute atomic E-state index is 12.8. The van der Waals surface area contributed by atoms with E-state index in [9.17, 15) is 9.90 Å². The molecule has 112 valence electrons. The number of aliphatic hydroxyl groups excluding tert-OH is 1. The van der Waals surface area contributed by atoms with Crippen LogP contribution in [0.3, 0.4) is 0 Å². The van der Waals surface area contributed by atoms with Crippen molar-refractivity contribution in [1.29, 1.82) is 0 Å². The Kier molecular flexibility index (Phi) is 4.81. The van der Waals surface area contributed by atoms with Crippen molar-refractivity contribution in [2.75, 3.05) is 6.54 Å². The van der Waals surface area contributed by atoms with Crippen LogP contribution in [0.4, 0.5) is 0 Å². The number of likely N-dealkylation sites (tertiary alicyclic amines) is 1. The molecule has 1 N–H and O–H groups in total. The number of rotatable bonds is 3. The summed E-state index contributed by atoms with van der Waals surface area (Å²) in [4.78, 5) is 14.7. The first-order valence-corrected chi connectivity index (χ1v) is 7.48. The van der Waals surface area contributed by atoms with E-state index in [1.807, 2.05) is 18.9 Å². The van der Waals surface area contributed by atoms with Gasteiger partial charge >= 0.3 is 0 Å². The van der Waals surface area contributed by atoms with Gasteiger partial charge in [0.2, 0.25) is 0 Å². The average molecular weight is 279 g/mol. The lowest BCUT2D eigenvalue weighted by atomic mass is 10.0. The molecule has 20 heavy (non-hydrogen) atoms. The van der Waals surface area contributed by atoms with E-state index < -0.39 is 0 Å². The molecule has 0 saturated carbocycles. The van der Waals surface area contributed by atoms with Crippen molar-refractivity contribution in [3.8, 4) is 0 Å². The summed E-state index contributed by atoms with van der Waals surface area (Å²) in [5.41, 5.74) is 1.46. The minimum absolute atomic E-state index is 0.0585. The van der Waals surface area contributed by atoms with Gasteiger partial charge in [0.25, 0.3) is 5.91 Å². The monoisotopic (exact) mass is 279 g/mol. The second-order valence-electron chi connectivity index (χ2n) is 5.89. The third kappa shape index (κ3) is 3.39. The number of hydrogen-bond acceptors (Lipinski definition) is 3.